The van der Waals surface area contributed by atoms with Crippen LogP contribution in [0.1, 0.15) is 36.9 Å². The van der Waals surface area contributed by atoms with Crippen molar-refractivity contribution in [3.8, 4) is 0 Å². The van der Waals surface area contributed by atoms with Crippen molar-refractivity contribution in [1.29, 1.82) is 0 Å². The van der Waals surface area contributed by atoms with Crippen molar-refractivity contribution >= 4 is 34.8 Å². The molecule has 1 aliphatic rings. The maximum atomic E-state index is 12.5. The Kier molecular flexibility index (Phi) is 6.08. The minimum absolute atomic E-state index is 0.0323. The molecule has 0 radical (unpaired) electrons. The molecule has 11 heteroatoms. The zero-order valence-electron chi connectivity index (χ0n) is 17.4. The van der Waals surface area contributed by atoms with Crippen molar-refractivity contribution in [1.82, 2.24) is 19.5 Å². The minimum atomic E-state index is -0.710. The van der Waals surface area contributed by atoms with E-state index in [1.54, 1.807) is 28.8 Å². The lowest BCUT2D eigenvalue weighted by Gasteiger charge is -2.35. The fourth-order valence-electron chi connectivity index (χ4n) is 3.51. The molecule has 0 aliphatic carbocycles. The second-order valence-corrected chi connectivity index (χ2v) is 7.19. The van der Waals surface area contributed by atoms with Gasteiger partial charge >= 0.3 is 11.9 Å². The van der Waals surface area contributed by atoms with Crippen LogP contribution in [-0.4, -0.2) is 56.2 Å². The van der Waals surface area contributed by atoms with Crippen molar-refractivity contribution in [2.24, 2.45) is 0 Å². The summed E-state index contributed by atoms with van der Waals surface area (Å²) in [5.41, 5.74) is 1.29. The molecule has 11 nitrogen and oxygen atoms in total. The van der Waals surface area contributed by atoms with E-state index >= 15 is 0 Å². The Labute approximate surface area is 182 Å². The highest BCUT2D eigenvalue weighted by Gasteiger charge is 2.37. The van der Waals surface area contributed by atoms with Crippen LogP contribution in [0, 0.1) is 0 Å². The maximum absolute atomic E-state index is 12.5. The van der Waals surface area contributed by atoms with Gasteiger partial charge in [-0.15, -0.1) is 0 Å². The number of carbonyl (C=O) groups is 3. The molecule has 0 unspecified atom stereocenters. The van der Waals surface area contributed by atoms with Gasteiger partial charge in [0, 0.05) is 25.8 Å². The lowest BCUT2D eigenvalue weighted by Crippen LogP contribution is -2.44. The van der Waals surface area contributed by atoms with Gasteiger partial charge in [-0.3, -0.25) is 19.0 Å². The second kappa shape index (κ2) is 9.10. The predicted molar refractivity (Wildman–Crippen MR) is 110 cm³/mol. The monoisotopic (exact) mass is 439 g/mol. The Balaban J connectivity index is 1.57. The van der Waals surface area contributed by atoms with E-state index in [0.717, 1.165) is 0 Å². The summed E-state index contributed by atoms with van der Waals surface area (Å²) in [5, 5.41) is 2.75. The molecule has 3 atom stereocenters. The molecule has 3 heterocycles. The number of rotatable bonds is 5. The zero-order chi connectivity index (χ0) is 22.7. The Morgan fingerprint density at radius 2 is 1.75 bits per heavy atom. The molecular formula is C21H21N5O6. The number of hydrogen-bond donors (Lipinski definition) is 1. The van der Waals surface area contributed by atoms with Crippen molar-refractivity contribution in [2.45, 2.75) is 38.7 Å². The van der Waals surface area contributed by atoms with Gasteiger partial charge in [0.05, 0.1) is 12.9 Å². The average Bonchev–Trinajstić information content (AvgIpc) is 3.20. The summed E-state index contributed by atoms with van der Waals surface area (Å²) in [6.07, 6.45) is 1.07. The first-order chi connectivity index (χ1) is 15.4. The van der Waals surface area contributed by atoms with Gasteiger partial charge in [0.1, 0.15) is 18.7 Å². The maximum Gasteiger partial charge on any atom is 0.303 e. The van der Waals surface area contributed by atoms with Gasteiger partial charge in [-0.1, -0.05) is 18.2 Å². The second-order valence-electron chi connectivity index (χ2n) is 7.19. The van der Waals surface area contributed by atoms with Gasteiger partial charge < -0.3 is 19.5 Å². The summed E-state index contributed by atoms with van der Waals surface area (Å²) >= 11 is 0. The molecule has 1 amide bonds. The first kappa shape index (κ1) is 21.4. The summed E-state index contributed by atoms with van der Waals surface area (Å²) in [6.45, 7) is 2.60. The van der Waals surface area contributed by atoms with E-state index in [9.17, 15) is 14.4 Å². The van der Waals surface area contributed by atoms with Crippen LogP contribution in [0.15, 0.2) is 43.0 Å². The molecule has 1 fully saturated rings. The number of aromatic nitrogens is 4. The highest BCUT2D eigenvalue weighted by molar-refractivity contribution is 6.06. The van der Waals surface area contributed by atoms with Crippen molar-refractivity contribution in [3.63, 3.8) is 0 Å². The van der Waals surface area contributed by atoms with Crippen molar-refractivity contribution in [3.05, 3.63) is 48.5 Å². The largest absolute Gasteiger partial charge is 0.458 e. The Morgan fingerprint density at radius 3 is 2.47 bits per heavy atom. The van der Waals surface area contributed by atoms with E-state index in [0.29, 0.717) is 16.7 Å². The fraction of sp³-hybridized carbons (Fsp3) is 0.333. The van der Waals surface area contributed by atoms with Crippen LogP contribution < -0.4 is 5.32 Å². The summed E-state index contributed by atoms with van der Waals surface area (Å²) in [7, 11) is 0. The molecule has 3 aromatic rings. The number of anilines is 1. The number of carbonyl (C=O) groups excluding carboxylic acids is 3. The van der Waals surface area contributed by atoms with Crippen LogP contribution in [-0.2, 0) is 23.8 Å². The number of ether oxygens (including phenoxy) is 3. The van der Waals surface area contributed by atoms with E-state index in [4.69, 9.17) is 14.2 Å². The molecule has 1 aromatic carbocycles. The number of nitrogens with one attached hydrogen (secondary N) is 1. The summed E-state index contributed by atoms with van der Waals surface area (Å²) in [4.78, 5) is 48.2. The molecular weight excluding hydrogens is 418 g/mol. The standard InChI is InChI=1S/C21H21N5O6/c1-12(27)31-15-8-17(30-9-16(15)32-13(2)28)26-11-24-18-19(22-10-23-20(18)26)25-21(29)14-6-4-3-5-7-14/h3-7,10-11,15-17H,8-9H2,1-2H3,(H,22,23,25,29)/t15-,16+,17-/m0/s1. The fourth-order valence-corrected chi connectivity index (χ4v) is 3.51. The number of imidazole rings is 1. The van der Waals surface area contributed by atoms with E-state index < -0.39 is 30.4 Å². The van der Waals surface area contributed by atoms with Crippen LogP contribution in [0.2, 0.25) is 0 Å². The number of fused-ring (bicyclic) bond motifs is 1. The van der Waals surface area contributed by atoms with E-state index in [1.165, 1.54) is 26.5 Å². The molecule has 0 saturated carbocycles. The molecule has 1 aliphatic heterocycles. The SMILES string of the molecule is CC(=O)O[C@H]1C[C@@H](n2cnc3c(NC(=O)c4ccccc4)ncnc32)OC[C@H]1OC(C)=O. The smallest absolute Gasteiger partial charge is 0.303 e. The molecule has 2 aromatic heterocycles. The normalized spacial score (nSPS) is 20.5. The summed E-state index contributed by atoms with van der Waals surface area (Å²) in [6, 6.07) is 8.73. The van der Waals surface area contributed by atoms with Crippen LogP contribution in [0.3, 0.4) is 0 Å². The van der Waals surface area contributed by atoms with Gasteiger partial charge in [0.2, 0.25) is 0 Å². The molecule has 4 rings (SSSR count). The molecule has 1 saturated heterocycles. The molecule has 0 bridgehead atoms. The van der Waals surface area contributed by atoms with Crippen LogP contribution >= 0.6 is 0 Å². The van der Waals surface area contributed by atoms with Crippen LogP contribution in [0.4, 0.5) is 5.82 Å². The van der Waals surface area contributed by atoms with E-state index in [1.807, 2.05) is 6.07 Å². The number of hydrogen-bond acceptors (Lipinski definition) is 9. The average molecular weight is 439 g/mol. The Bertz CT molecular complexity index is 1150. The lowest BCUT2D eigenvalue weighted by atomic mass is 10.1. The van der Waals surface area contributed by atoms with Gasteiger partial charge in [-0.25, -0.2) is 15.0 Å². The lowest BCUT2D eigenvalue weighted by molar-refractivity contribution is -0.194. The highest BCUT2D eigenvalue weighted by Crippen LogP contribution is 2.30. The summed E-state index contributed by atoms with van der Waals surface area (Å²) in [5.74, 6) is -1.05. The number of esters is 2. The third-order valence-corrected chi connectivity index (χ3v) is 4.87. The minimum Gasteiger partial charge on any atom is -0.458 e. The van der Waals surface area contributed by atoms with Gasteiger partial charge in [0.15, 0.2) is 23.1 Å². The molecule has 0 spiro atoms. The molecule has 166 valence electrons. The predicted octanol–water partition coefficient (Wildman–Crippen LogP) is 1.86. The van der Waals surface area contributed by atoms with Crippen molar-refractivity contribution in [2.75, 3.05) is 11.9 Å². The molecule has 1 N–H and O–H groups in total. The van der Waals surface area contributed by atoms with Crippen LogP contribution in [0.5, 0.6) is 0 Å². The molecule has 32 heavy (non-hydrogen) atoms. The Hall–Kier alpha value is -3.86. The quantitative estimate of drug-likeness (QED) is 0.591. The van der Waals surface area contributed by atoms with E-state index in [2.05, 4.69) is 20.3 Å². The van der Waals surface area contributed by atoms with Crippen molar-refractivity contribution < 1.29 is 28.6 Å². The Morgan fingerprint density at radius 1 is 1.03 bits per heavy atom. The number of benzene rings is 1. The first-order valence-corrected chi connectivity index (χ1v) is 9.92. The first-order valence-electron chi connectivity index (χ1n) is 9.92. The highest BCUT2D eigenvalue weighted by atomic mass is 16.6. The van der Waals surface area contributed by atoms with Gasteiger partial charge in [0.25, 0.3) is 5.91 Å². The van der Waals surface area contributed by atoms with E-state index in [-0.39, 0.29) is 24.8 Å². The topological polar surface area (TPSA) is 135 Å². The van der Waals surface area contributed by atoms with Crippen LogP contribution in [0.25, 0.3) is 11.2 Å². The third kappa shape index (κ3) is 4.57. The van der Waals surface area contributed by atoms with Gasteiger partial charge in [-0.05, 0) is 12.1 Å². The zero-order valence-corrected chi connectivity index (χ0v) is 17.4. The summed E-state index contributed by atoms with van der Waals surface area (Å²) < 4.78 is 18.1. The third-order valence-electron chi connectivity index (χ3n) is 4.87. The number of nitrogens with zero attached hydrogens (tertiary/aromatic N) is 4. The number of amides is 1. The van der Waals surface area contributed by atoms with Gasteiger partial charge in [-0.2, -0.15) is 0 Å².